The molecule has 1 aliphatic rings. The zero-order valence-electron chi connectivity index (χ0n) is 19.5. The Balaban J connectivity index is 1.92. The summed E-state index contributed by atoms with van der Waals surface area (Å²) in [6, 6.07) is 7.24. The maximum atomic E-state index is 14.3. The zero-order valence-corrected chi connectivity index (χ0v) is 21.9. The van der Waals surface area contributed by atoms with E-state index < -0.39 is 35.3 Å². The van der Waals surface area contributed by atoms with Crippen LogP contribution in [0.15, 0.2) is 54.6 Å². The summed E-state index contributed by atoms with van der Waals surface area (Å²) in [7, 11) is 0. The molecule has 0 aliphatic carbocycles. The Morgan fingerprint density at radius 3 is 2.59 bits per heavy atom. The second-order valence-corrected chi connectivity index (χ2v) is 9.90. The quantitative estimate of drug-likeness (QED) is 0.127. The summed E-state index contributed by atoms with van der Waals surface area (Å²) < 4.78 is 19.4. The second kappa shape index (κ2) is 10.5. The molecule has 1 fully saturated rings. The van der Waals surface area contributed by atoms with Crippen LogP contribution in [0.3, 0.4) is 0 Å². The summed E-state index contributed by atoms with van der Waals surface area (Å²) in [5, 5.41) is 11.6. The first-order valence-corrected chi connectivity index (χ1v) is 12.4. The molecule has 1 saturated heterocycles. The van der Waals surface area contributed by atoms with E-state index in [1.165, 1.54) is 30.3 Å². The molecule has 3 aromatic rings. The van der Waals surface area contributed by atoms with Crippen molar-refractivity contribution in [3.05, 3.63) is 97.8 Å². The highest BCUT2D eigenvalue weighted by Gasteiger charge is 2.48. The Labute approximate surface area is 225 Å². The van der Waals surface area contributed by atoms with Crippen LogP contribution in [0.25, 0.3) is 5.76 Å². The highest BCUT2D eigenvalue weighted by atomic mass is 35.5. The molecule has 1 amide bonds. The Bertz CT molecular complexity index is 1500. The SMILES string of the molecule is C=CCOC(=O)c1sc(N2C(=O)C(=O)/C(=C(\O)c3ccc(C)c(F)c3)C2c2ccc(Cl)c(Cl)c2)nc1C. The molecule has 0 bridgehead atoms. The summed E-state index contributed by atoms with van der Waals surface area (Å²) in [4.78, 5) is 44.6. The maximum Gasteiger partial charge on any atom is 0.350 e. The number of benzene rings is 2. The standard InChI is InChI=1S/C26H19Cl2FN2O5S/c1-4-9-36-25(35)23-13(3)30-26(37-23)31-20(14-7-8-16(27)17(28)10-14)19(22(33)24(31)34)21(32)15-6-5-12(2)18(29)11-15/h4-8,10-11,20,32H,1,9H2,2-3H3/b21-19-. The molecule has 0 radical (unpaired) electrons. The van der Waals surface area contributed by atoms with Crippen LogP contribution in [-0.4, -0.2) is 34.4 Å². The van der Waals surface area contributed by atoms with Crippen molar-refractivity contribution in [1.29, 1.82) is 0 Å². The first-order chi connectivity index (χ1) is 17.5. The monoisotopic (exact) mass is 560 g/mol. The fraction of sp³-hybridized carbons (Fsp3) is 0.154. The molecule has 1 aliphatic heterocycles. The molecule has 2 heterocycles. The van der Waals surface area contributed by atoms with Gasteiger partial charge in [-0.05, 0) is 43.2 Å². The average molecular weight is 561 g/mol. The number of aryl methyl sites for hydroxylation is 2. The second-order valence-electron chi connectivity index (χ2n) is 8.10. The fourth-order valence-electron chi connectivity index (χ4n) is 3.80. The van der Waals surface area contributed by atoms with Crippen molar-refractivity contribution in [3.63, 3.8) is 0 Å². The third-order valence-corrected chi connectivity index (χ3v) is 7.53. The number of aromatic nitrogens is 1. The number of halogens is 3. The minimum absolute atomic E-state index is 0.00942. The number of carbonyl (C=O) groups excluding carboxylic acids is 3. The smallest absolute Gasteiger partial charge is 0.350 e. The van der Waals surface area contributed by atoms with E-state index in [9.17, 15) is 23.9 Å². The molecule has 7 nitrogen and oxygen atoms in total. The van der Waals surface area contributed by atoms with Gasteiger partial charge in [-0.15, -0.1) is 0 Å². The number of hydrogen-bond donors (Lipinski definition) is 1. The largest absolute Gasteiger partial charge is 0.507 e. The van der Waals surface area contributed by atoms with Crippen LogP contribution < -0.4 is 4.90 Å². The number of ketones is 1. The highest BCUT2D eigenvalue weighted by Crippen LogP contribution is 2.45. The lowest BCUT2D eigenvalue weighted by molar-refractivity contribution is -0.132. The summed E-state index contributed by atoms with van der Waals surface area (Å²) in [5.41, 5.74) is 0.674. The van der Waals surface area contributed by atoms with Crippen molar-refractivity contribution in [3.8, 4) is 0 Å². The van der Waals surface area contributed by atoms with Crippen molar-refractivity contribution in [2.75, 3.05) is 11.5 Å². The Morgan fingerprint density at radius 1 is 1.22 bits per heavy atom. The van der Waals surface area contributed by atoms with Gasteiger partial charge in [0.1, 0.15) is 23.1 Å². The number of aliphatic hydroxyl groups excluding tert-OH is 1. The van der Waals surface area contributed by atoms with E-state index in [2.05, 4.69) is 11.6 Å². The minimum atomic E-state index is -1.19. The fourth-order valence-corrected chi connectivity index (χ4v) is 5.09. The summed E-state index contributed by atoms with van der Waals surface area (Å²) in [6.45, 7) is 6.59. The van der Waals surface area contributed by atoms with Crippen LogP contribution in [0.1, 0.15) is 38.1 Å². The molecule has 0 spiro atoms. The Hall–Kier alpha value is -3.53. The van der Waals surface area contributed by atoms with E-state index in [4.69, 9.17) is 27.9 Å². The number of anilines is 1. The molecule has 1 atom stereocenters. The molecular weight excluding hydrogens is 542 g/mol. The van der Waals surface area contributed by atoms with Crippen molar-refractivity contribution in [2.24, 2.45) is 0 Å². The van der Waals surface area contributed by atoms with Gasteiger partial charge in [0.25, 0.3) is 5.78 Å². The molecular formula is C26H19Cl2FN2O5S. The number of esters is 1. The number of aliphatic hydroxyl groups is 1. The molecule has 1 N–H and O–H groups in total. The zero-order chi connectivity index (χ0) is 27.0. The van der Waals surface area contributed by atoms with E-state index >= 15 is 0 Å². The number of hydrogen-bond acceptors (Lipinski definition) is 7. The molecule has 1 unspecified atom stereocenters. The number of amides is 1. The van der Waals surface area contributed by atoms with E-state index in [0.29, 0.717) is 11.1 Å². The first-order valence-electron chi connectivity index (χ1n) is 10.8. The molecule has 2 aromatic carbocycles. The van der Waals surface area contributed by atoms with Crippen molar-refractivity contribution >= 4 is 63.1 Å². The number of carbonyl (C=O) groups is 3. The molecule has 11 heteroatoms. The van der Waals surface area contributed by atoms with Gasteiger partial charge in [0, 0.05) is 5.56 Å². The van der Waals surface area contributed by atoms with Gasteiger partial charge >= 0.3 is 11.9 Å². The van der Waals surface area contributed by atoms with E-state index in [0.717, 1.165) is 22.3 Å². The normalized spacial score (nSPS) is 16.8. The molecule has 190 valence electrons. The number of thiazole rings is 1. The van der Waals surface area contributed by atoms with E-state index in [-0.39, 0.29) is 43.5 Å². The number of Topliss-reactive ketones (excluding diaryl/α,β-unsaturated/α-hetero) is 1. The van der Waals surface area contributed by atoms with E-state index in [1.54, 1.807) is 19.9 Å². The van der Waals surface area contributed by atoms with Crippen LogP contribution in [0.4, 0.5) is 9.52 Å². The summed E-state index contributed by atoms with van der Waals surface area (Å²) in [6.07, 6.45) is 1.41. The first kappa shape index (κ1) is 26.5. The maximum absolute atomic E-state index is 14.3. The van der Waals surface area contributed by atoms with Gasteiger partial charge in [-0.3, -0.25) is 14.5 Å². The van der Waals surface area contributed by atoms with Gasteiger partial charge in [-0.2, -0.15) is 0 Å². The molecule has 4 rings (SSSR count). The predicted molar refractivity (Wildman–Crippen MR) is 140 cm³/mol. The third kappa shape index (κ3) is 4.90. The molecule has 0 saturated carbocycles. The lowest BCUT2D eigenvalue weighted by atomic mass is 9.95. The lowest BCUT2D eigenvalue weighted by Gasteiger charge is -2.23. The summed E-state index contributed by atoms with van der Waals surface area (Å²) in [5.74, 6) is -3.85. The van der Waals surface area contributed by atoms with E-state index in [1.807, 2.05) is 0 Å². The van der Waals surface area contributed by atoms with Gasteiger partial charge in [0.15, 0.2) is 5.13 Å². The predicted octanol–water partition coefficient (Wildman–Crippen LogP) is 6.17. The number of rotatable bonds is 6. The van der Waals surface area contributed by atoms with Gasteiger partial charge in [0.05, 0.1) is 27.4 Å². The minimum Gasteiger partial charge on any atom is -0.507 e. The van der Waals surface area contributed by atoms with Crippen LogP contribution in [0.5, 0.6) is 0 Å². The van der Waals surface area contributed by atoms with Crippen LogP contribution in [0, 0.1) is 19.7 Å². The number of ether oxygens (including phenoxy) is 1. The van der Waals surface area contributed by atoms with Crippen molar-refractivity contribution in [1.82, 2.24) is 4.98 Å². The topological polar surface area (TPSA) is 96.8 Å². The van der Waals surface area contributed by atoms with Crippen LogP contribution >= 0.6 is 34.5 Å². The average Bonchev–Trinajstić information content (AvgIpc) is 3.37. The Morgan fingerprint density at radius 2 is 1.95 bits per heavy atom. The van der Waals surface area contributed by atoms with Crippen LogP contribution in [0.2, 0.25) is 10.0 Å². The van der Waals surface area contributed by atoms with Gasteiger partial charge in [0.2, 0.25) is 0 Å². The summed E-state index contributed by atoms with van der Waals surface area (Å²) >= 11 is 13.2. The lowest BCUT2D eigenvalue weighted by Crippen LogP contribution is -2.29. The van der Waals surface area contributed by atoms with Gasteiger partial charge in [-0.25, -0.2) is 14.2 Å². The highest BCUT2D eigenvalue weighted by molar-refractivity contribution is 7.17. The van der Waals surface area contributed by atoms with Crippen molar-refractivity contribution in [2.45, 2.75) is 19.9 Å². The Kier molecular flexibility index (Phi) is 7.49. The molecule has 1 aromatic heterocycles. The third-order valence-electron chi connectivity index (χ3n) is 5.66. The van der Waals surface area contributed by atoms with Gasteiger partial charge in [-0.1, -0.05) is 65.4 Å². The number of nitrogens with zero attached hydrogens (tertiary/aromatic N) is 2. The van der Waals surface area contributed by atoms with Crippen molar-refractivity contribution < 1.29 is 28.6 Å². The van der Waals surface area contributed by atoms with Gasteiger partial charge < -0.3 is 9.84 Å². The molecule has 37 heavy (non-hydrogen) atoms. The van der Waals surface area contributed by atoms with Crippen LogP contribution in [-0.2, 0) is 14.3 Å².